The van der Waals surface area contributed by atoms with Crippen LogP contribution in [0, 0.1) is 17.8 Å². The van der Waals surface area contributed by atoms with Crippen LogP contribution >= 0.6 is 11.6 Å². The number of amides is 1. The summed E-state index contributed by atoms with van der Waals surface area (Å²) in [6.07, 6.45) is 16.0. The molecule has 2 aromatic carbocycles. The van der Waals surface area contributed by atoms with Gasteiger partial charge in [0.15, 0.2) is 0 Å². The Hall–Kier alpha value is -2.39. The highest BCUT2D eigenvalue weighted by atomic mass is 35.5. The molecule has 51 heavy (non-hydrogen) atoms. The predicted molar refractivity (Wildman–Crippen MR) is 210 cm³/mol. The molecule has 3 fully saturated rings. The van der Waals surface area contributed by atoms with E-state index in [4.69, 9.17) is 16.3 Å². The third-order valence-electron chi connectivity index (χ3n) is 12.7. The summed E-state index contributed by atoms with van der Waals surface area (Å²) in [5, 5.41) is 0.713. The van der Waals surface area contributed by atoms with Crippen molar-refractivity contribution in [2.75, 3.05) is 64.4 Å². The number of carbonyl (C=O) groups excluding carboxylic acids is 1. The first-order valence-electron chi connectivity index (χ1n) is 19.9. The topological polar surface area (TPSA) is 56.3 Å². The third kappa shape index (κ3) is 8.24. The fraction of sp³-hybridized carbons (Fsp3) is 0.643. The van der Waals surface area contributed by atoms with Gasteiger partial charge in [-0.15, -0.1) is 0 Å². The smallest absolute Gasteiger partial charge is 0.265 e. The van der Waals surface area contributed by atoms with Crippen molar-refractivity contribution in [2.24, 2.45) is 17.8 Å². The first kappa shape index (κ1) is 36.9. The summed E-state index contributed by atoms with van der Waals surface area (Å²) in [4.78, 5) is 21.9. The third-order valence-corrected chi connectivity index (χ3v) is 14.8. The zero-order valence-electron chi connectivity index (χ0n) is 31.1. The molecule has 0 aromatic heterocycles. The molecule has 9 heteroatoms. The standard InChI is InChI=1S/C42H59ClN4O3S/c1-4-10-30-23-35(43)16-18-38(30)34-27-47-26-33-14-17-39(33)32(25-45-21-22-46-20-9-8-12-36(46)28-45)11-6-7-13-37(5-2)51(49)44(3)42(48)31-15-19-41(50-29-34)40(47)24-31/h6,11,15-16,18-19,23-24,32-34,36-37,39H,4-5,7-10,12-14,17,20-22,25-29H2,1-3H3/b11-6+. The van der Waals surface area contributed by atoms with Crippen molar-refractivity contribution in [3.8, 4) is 5.75 Å². The number of anilines is 1. The lowest BCUT2D eigenvalue weighted by Crippen LogP contribution is -2.56. The van der Waals surface area contributed by atoms with Gasteiger partial charge in [0.1, 0.15) is 16.7 Å². The van der Waals surface area contributed by atoms with Crippen molar-refractivity contribution in [2.45, 2.75) is 95.3 Å². The maximum atomic E-state index is 13.9. The fourth-order valence-corrected chi connectivity index (χ4v) is 11.2. The van der Waals surface area contributed by atoms with Gasteiger partial charge in [0.2, 0.25) is 0 Å². The Morgan fingerprint density at radius 1 is 0.961 bits per heavy atom. The average molecular weight is 735 g/mol. The first-order chi connectivity index (χ1) is 24.8. The van der Waals surface area contributed by atoms with Gasteiger partial charge in [-0.05, 0) is 117 Å². The van der Waals surface area contributed by atoms with Gasteiger partial charge in [0, 0.05) is 68.9 Å². The number of piperazine rings is 1. The minimum atomic E-state index is -1.42. The number of fused-ring (bicyclic) bond motifs is 3. The van der Waals surface area contributed by atoms with Crippen LogP contribution in [0.5, 0.6) is 5.75 Å². The van der Waals surface area contributed by atoms with Gasteiger partial charge < -0.3 is 9.64 Å². The molecule has 2 aromatic rings. The van der Waals surface area contributed by atoms with E-state index in [2.05, 4.69) is 52.8 Å². The summed E-state index contributed by atoms with van der Waals surface area (Å²) >= 11 is 6.51. The van der Waals surface area contributed by atoms with E-state index < -0.39 is 11.0 Å². The molecule has 5 aliphatic rings. The Morgan fingerprint density at radius 2 is 1.84 bits per heavy atom. The van der Waals surface area contributed by atoms with Crippen molar-refractivity contribution < 1.29 is 13.7 Å². The molecule has 7 rings (SSSR count). The van der Waals surface area contributed by atoms with Gasteiger partial charge >= 0.3 is 0 Å². The molecule has 2 saturated heterocycles. The zero-order chi connectivity index (χ0) is 35.5. The fourth-order valence-electron chi connectivity index (χ4n) is 9.63. The van der Waals surface area contributed by atoms with Crippen LogP contribution in [0.1, 0.15) is 99.0 Å². The van der Waals surface area contributed by atoms with Crippen LogP contribution in [0.4, 0.5) is 5.69 Å². The number of allylic oxidation sites excluding steroid dienone is 1. The second-order valence-electron chi connectivity index (χ2n) is 15.9. The molecule has 0 N–H and O–H groups in total. The van der Waals surface area contributed by atoms with Crippen LogP contribution < -0.4 is 9.64 Å². The molecule has 1 amide bonds. The Morgan fingerprint density at radius 3 is 2.65 bits per heavy atom. The van der Waals surface area contributed by atoms with Crippen LogP contribution in [-0.2, 0) is 17.4 Å². The predicted octanol–water partition coefficient (Wildman–Crippen LogP) is 7.95. The van der Waals surface area contributed by atoms with Crippen LogP contribution in [-0.4, -0.2) is 95.0 Å². The average Bonchev–Trinajstić information content (AvgIpc) is 3.31. The molecule has 7 nitrogen and oxygen atoms in total. The SMILES string of the molecule is CCCc1cc(Cl)ccc1C1COc2ccc3cc2N(C1)CC1CCC1C(CN1CCN2CCCCC2C1)/C=C/CCC(CC)S(=O)N(C)C3=O. The number of aryl methyl sites for hydroxylation is 1. The molecule has 7 unspecified atom stereocenters. The molecular formula is C42H59ClN4O3S. The molecular weight excluding hydrogens is 676 g/mol. The van der Waals surface area contributed by atoms with E-state index in [1.165, 1.54) is 67.2 Å². The Kier molecular flexibility index (Phi) is 12.1. The second kappa shape index (κ2) is 16.7. The molecule has 2 bridgehead atoms. The number of rotatable bonds is 6. The highest BCUT2D eigenvalue weighted by molar-refractivity contribution is 7.83. The molecule has 1 saturated carbocycles. The van der Waals surface area contributed by atoms with E-state index in [0.717, 1.165) is 74.7 Å². The van der Waals surface area contributed by atoms with Crippen LogP contribution in [0.25, 0.3) is 0 Å². The van der Waals surface area contributed by atoms with E-state index in [1.807, 2.05) is 24.3 Å². The van der Waals surface area contributed by atoms with E-state index in [9.17, 15) is 9.00 Å². The van der Waals surface area contributed by atoms with E-state index in [-0.39, 0.29) is 17.1 Å². The molecule has 4 heterocycles. The summed E-state index contributed by atoms with van der Waals surface area (Å²) in [5.41, 5.74) is 4.17. The van der Waals surface area contributed by atoms with Gasteiger partial charge in [-0.2, -0.15) is 0 Å². The quantitative estimate of drug-likeness (QED) is 0.281. The van der Waals surface area contributed by atoms with Crippen molar-refractivity contribution in [1.29, 1.82) is 0 Å². The normalized spacial score (nSPS) is 31.5. The van der Waals surface area contributed by atoms with Crippen molar-refractivity contribution in [3.63, 3.8) is 0 Å². The molecule has 278 valence electrons. The maximum absolute atomic E-state index is 13.9. The summed E-state index contributed by atoms with van der Waals surface area (Å²) in [7, 11) is 0.285. The van der Waals surface area contributed by atoms with Crippen molar-refractivity contribution in [1.82, 2.24) is 14.1 Å². The Labute approximate surface area is 314 Å². The highest BCUT2D eigenvalue weighted by Crippen LogP contribution is 2.45. The maximum Gasteiger partial charge on any atom is 0.265 e. The summed E-state index contributed by atoms with van der Waals surface area (Å²) in [6, 6.07) is 12.9. The monoisotopic (exact) mass is 734 g/mol. The van der Waals surface area contributed by atoms with Crippen molar-refractivity contribution in [3.05, 3.63) is 70.3 Å². The Bertz CT molecular complexity index is 1590. The van der Waals surface area contributed by atoms with Gasteiger partial charge in [-0.25, -0.2) is 4.21 Å². The minimum absolute atomic E-state index is 0.0658. The number of nitrogens with zero attached hydrogens (tertiary/aromatic N) is 4. The largest absolute Gasteiger partial charge is 0.491 e. The molecule has 4 aliphatic heterocycles. The van der Waals surface area contributed by atoms with Gasteiger partial charge in [-0.3, -0.25) is 18.9 Å². The molecule has 7 atom stereocenters. The number of benzene rings is 2. The van der Waals surface area contributed by atoms with Crippen molar-refractivity contribution >= 4 is 34.2 Å². The number of hydrogen-bond donors (Lipinski definition) is 0. The van der Waals surface area contributed by atoms with Gasteiger partial charge in [0.25, 0.3) is 5.91 Å². The summed E-state index contributed by atoms with van der Waals surface area (Å²) in [5.74, 6) is 2.48. The summed E-state index contributed by atoms with van der Waals surface area (Å²) < 4.78 is 21.9. The van der Waals surface area contributed by atoms with Crippen LogP contribution in [0.3, 0.4) is 0 Å². The zero-order valence-corrected chi connectivity index (χ0v) is 32.7. The minimum Gasteiger partial charge on any atom is -0.491 e. The second-order valence-corrected chi connectivity index (χ2v) is 18.1. The Balaban J connectivity index is 1.22. The van der Waals surface area contributed by atoms with Gasteiger partial charge in [0.05, 0.1) is 17.5 Å². The lowest BCUT2D eigenvalue weighted by molar-refractivity contribution is 0.0283. The number of hydrogen-bond acceptors (Lipinski definition) is 6. The van der Waals surface area contributed by atoms with E-state index >= 15 is 0 Å². The lowest BCUT2D eigenvalue weighted by Gasteiger charge is -2.48. The van der Waals surface area contributed by atoms with Crippen LogP contribution in [0.15, 0.2) is 48.6 Å². The lowest BCUT2D eigenvalue weighted by atomic mass is 9.66. The molecule has 0 spiro atoms. The van der Waals surface area contributed by atoms with E-state index in [1.54, 1.807) is 7.05 Å². The first-order valence-corrected chi connectivity index (χ1v) is 21.5. The summed E-state index contributed by atoms with van der Waals surface area (Å²) in [6.45, 7) is 12.6. The van der Waals surface area contributed by atoms with E-state index in [0.29, 0.717) is 36.0 Å². The molecule has 1 aliphatic carbocycles. The highest BCUT2D eigenvalue weighted by Gasteiger charge is 2.40. The number of halogens is 1. The molecule has 0 radical (unpaired) electrons. The van der Waals surface area contributed by atoms with Crippen LogP contribution in [0.2, 0.25) is 5.02 Å². The number of piperidine rings is 1. The van der Waals surface area contributed by atoms with Gasteiger partial charge in [-0.1, -0.05) is 56.5 Å². The number of ether oxygens (including phenoxy) is 1. The number of carbonyl (C=O) groups is 1.